The fourth-order valence-electron chi connectivity index (χ4n) is 1.21. The lowest BCUT2D eigenvalue weighted by Crippen LogP contribution is -2.04. The Balaban J connectivity index is 2.64. The van der Waals surface area contributed by atoms with Gasteiger partial charge in [-0.15, -0.1) is 0 Å². The van der Waals surface area contributed by atoms with Crippen molar-refractivity contribution < 1.29 is 9.53 Å². The minimum Gasteiger partial charge on any atom is -0.464 e. The predicted octanol–water partition coefficient (Wildman–Crippen LogP) is 2.11. The number of halogens is 1. The van der Waals surface area contributed by atoms with Gasteiger partial charge in [0.05, 0.1) is 7.11 Å². The van der Waals surface area contributed by atoms with Gasteiger partial charge in [-0.05, 0) is 28.1 Å². The van der Waals surface area contributed by atoms with Crippen LogP contribution in [-0.4, -0.2) is 23.0 Å². The van der Waals surface area contributed by atoms with Gasteiger partial charge in [0, 0.05) is 16.1 Å². The molecule has 0 aromatic carbocycles. The summed E-state index contributed by atoms with van der Waals surface area (Å²) in [5.41, 5.74) is 0.953. The van der Waals surface area contributed by atoms with E-state index in [0.29, 0.717) is 5.65 Å². The summed E-state index contributed by atoms with van der Waals surface area (Å²) in [6, 6.07) is 3.52. The van der Waals surface area contributed by atoms with Gasteiger partial charge in [0.15, 0.2) is 5.69 Å². The molecule has 0 aliphatic rings. The maximum absolute atomic E-state index is 11.2. The Hall–Kier alpha value is -1.36. The summed E-state index contributed by atoms with van der Waals surface area (Å²) < 4.78 is 5.40. The van der Waals surface area contributed by atoms with E-state index in [4.69, 9.17) is 0 Å². The zero-order chi connectivity index (χ0) is 10.1. The SMILES string of the molecule is COC(=O)c1cc(Br)c2cc[nH]c2n1. The second kappa shape index (κ2) is 3.42. The lowest BCUT2D eigenvalue weighted by Gasteiger charge is -1.99. The van der Waals surface area contributed by atoms with Crippen molar-refractivity contribution in [3.8, 4) is 0 Å². The van der Waals surface area contributed by atoms with Gasteiger partial charge in [-0.1, -0.05) is 0 Å². The molecule has 0 bridgehead atoms. The summed E-state index contributed by atoms with van der Waals surface area (Å²) in [5, 5.41) is 0.942. The van der Waals surface area contributed by atoms with E-state index in [0.717, 1.165) is 9.86 Å². The van der Waals surface area contributed by atoms with Crippen molar-refractivity contribution in [1.82, 2.24) is 9.97 Å². The van der Waals surface area contributed by atoms with Gasteiger partial charge in [-0.25, -0.2) is 9.78 Å². The number of aromatic nitrogens is 2. The number of hydrogen-bond donors (Lipinski definition) is 1. The number of H-pyrrole nitrogens is 1. The van der Waals surface area contributed by atoms with Crippen molar-refractivity contribution in [3.63, 3.8) is 0 Å². The number of methoxy groups -OCH3 is 1. The Labute approximate surface area is 88.4 Å². The highest BCUT2D eigenvalue weighted by Crippen LogP contribution is 2.22. The average Bonchev–Trinajstić information content (AvgIpc) is 2.64. The molecule has 72 valence electrons. The van der Waals surface area contributed by atoms with Crippen LogP contribution in [0.3, 0.4) is 0 Å². The largest absolute Gasteiger partial charge is 0.464 e. The van der Waals surface area contributed by atoms with Crippen LogP contribution in [0.2, 0.25) is 0 Å². The van der Waals surface area contributed by atoms with Crippen molar-refractivity contribution in [1.29, 1.82) is 0 Å². The van der Waals surface area contributed by atoms with Crippen LogP contribution in [0.1, 0.15) is 10.5 Å². The standard InChI is InChI=1S/C9H7BrN2O2/c1-14-9(13)7-4-6(10)5-2-3-11-8(5)12-7/h2-4H,1H3,(H,11,12). The molecule has 0 unspecified atom stereocenters. The highest BCUT2D eigenvalue weighted by Gasteiger charge is 2.11. The molecule has 0 atom stereocenters. The van der Waals surface area contributed by atoms with Gasteiger partial charge in [0.2, 0.25) is 0 Å². The molecule has 0 saturated carbocycles. The molecular formula is C9H7BrN2O2. The zero-order valence-electron chi connectivity index (χ0n) is 7.37. The number of esters is 1. The number of carbonyl (C=O) groups excluding carboxylic acids is 1. The molecule has 14 heavy (non-hydrogen) atoms. The summed E-state index contributed by atoms with van der Waals surface area (Å²) in [6.07, 6.45) is 1.77. The third kappa shape index (κ3) is 1.39. The first-order chi connectivity index (χ1) is 6.72. The number of nitrogens with zero attached hydrogens (tertiary/aromatic N) is 1. The van der Waals surface area contributed by atoms with Gasteiger partial charge >= 0.3 is 5.97 Å². The number of nitrogens with one attached hydrogen (secondary N) is 1. The first kappa shape index (κ1) is 9.21. The van der Waals surface area contributed by atoms with Crippen LogP contribution in [0.25, 0.3) is 11.0 Å². The summed E-state index contributed by atoms with van der Waals surface area (Å²) in [6.45, 7) is 0. The number of aromatic amines is 1. The monoisotopic (exact) mass is 254 g/mol. The zero-order valence-corrected chi connectivity index (χ0v) is 8.96. The lowest BCUT2D eigenvalue weighted by molar-refractivity contribution is 0.0594. The van der Waals surface area contributed by atoms with Gasteiger partial charge in [-0.2, -0.15) is 0 Å². The molecule has 2 rings (SSSR count). The molecule has 2 aromatic heterocycles. The van der Waals surface area contributed by atoms with Crippen LogP contribution >= 0.6 is 15.9 Å². The average molecular weight is 255 g/mol. The molecule has 1 N–H and O–H groups in total. The summed E-state index contributed by atoms with van der Waals surface area (Å²) in [5.74, 6) is -0.442. The van der Waals surface area contributed by atoms with Gasteiger partial charge in [0.1, 0.15) is 5.65 Å². The summed E-state index contributed by atoms with van der Waals surface area (Å²) in [7, 11) is 1.33. The third-order valence-electron chi connectivity index (χ3n) is 1.87. The van der Waals surface area contributed by atoms with E-state index in [9.17, 15) is 4.79 Å². The third-order valence-corrected chi connectivity index (χ3v) is 2.53. The van der Waals surface area contributed by atoms with Crippen LogP contribution in [-0.2, 0) is 4.74 Å². The highest BCUT2D eigenvalue weighted by molar-refractivity contribution is 9.10. The Kier molecular flexibility index (Phi) is 2.25. The molecule has 0 aliphatic carbocycles. The van der Waals surface area contributed by atoms with Crippen molar-refractivity contribution in [2.24, 2.45) is 0 Å². The molecule has 0 spiro atoms. The van der Waals surface area contributed by atoms with Crippen molar-refractivity contribution in [2.75, 3.05) is 7.11 Å². The van der Waals surface area contributed by atoms with Crippen molar-refractivity contribution in [3.05, 3.63) is 28.5 Å². The van der Waals surface area contributed by atoms with Crippen LogP contribution in [0, 0.1) is 0 Å². The second-order valence-corrected chi connectivity index (χ2v) is 3.58. The number of hydrogen-bond acceptors (Lipinski definition) is 3. The molecule has 0 saturated heterocycles. The molecule has 4 nitrogen and oxygen atoms in total. The van der Waals surface area contributed by atoms with Gasteiger partial charge in [0.25, 0.3) is 0 Å². The number of pyridine rings is 1. The van der Waals surface area contributed by atoms with E-state index in [1.807, 2.05) is 6.07 Å². The summed E-state index contributed by atoms with van der Waals surface area (Å²) >= 11 is 3.36. The molecule has 0 aliphatic heterocycles. The van der Waals surface area contributed by atoms with Crippen LogP contribution in [0.15, 0.2) is 22.8 Å². The molecule has 0 fully saturated rings. The van der Waals surface area contributed by atoms with Crippen LogP contribution < -0.4 is 0 Å². The van der Waals surface area contributed by atoms with Crippen LogP contribution in [0.5, 0.6) is 0 Å². The minimum absolute atomic E-state index is 0.286. The first-order valence-electron chi connectivity index (χ1n) is 3.94. The van der Waals surface area contributed by atoms with Gasteiger partial charge in [-0.3, -0.25) is 0 Å². The van der Waals surface area contributed by atoms with E-state index < -0.39 is 5.97 Å². The normalized spacial score (nSPS) is 10.4. The smallest absolute Gasteiger partial charge is 0.356 e. The van der Waals surface area contributed by atoms with Gasteiger partial charge < -0.3 is 9.72 Å². The number of ether oxygens (including phenoxy) is 1. The quantitative estimate of drug-likeness (QED) is 0.794. The molecule has 5 heteroatoms. The molecule has 0 radical (unpaired) electrons. The second-order valence-electron chi connectivity index (χ2n) is 2.72. The van der Waals surface area contributed by atoms with Crippen molar-refractivity contribution in [2.45, 2.75) is 0 Å². The topological polar surface area (TPSA) is 55.0 Å². The molecule has 2 heterocycles. The molecule has 2 aromatic rings. The number of carbonyl (C=O) groups is 1. The number of fused-ring (bicyclic) bond motifs is 1. The summed E-state index contributed by atoms with van der Waals surface area (Å²) in [4.78, 5) is 18.2. The van der Waals surface area contributed by atoms with E-state index in [1.54, 1.807) is 12.3 Å². The Morgan fingerprint density at radius 1 is 1.64 bits per heavy atom. The lowest BCUT2D eigenvalue weighted by atomic mass is 10.3. The Morgan fingerprint density at radius 3 is 3.14 bits per heavy atom. The first-order valence-corrected chi connectivity index (χ1v) is 4.73. The van der Waals surface area contributed by atoms with E-state index >= 15 is 0 Å². The Morgan fingerprint density at radius 2 is 2.43 bits per heavy atom. The van der Waals surface area contributed by atoms with E-state index in [1.165, 1.54) is 7.11 Å². The maximum Gasteiger partial charge on any atom is 0.356 e. The van der Waals surface area contributed by atoms with Crippen molar-refractivity contribution >= 4 is 32.9 Å². The predicted molar refractivity (Wildman–Crippen MR) is 55.1 cm³/mol. The van der Waals surface area contributed by atoms with E-state index in [-0.39, 0.29) is 5.69 Å². The Bertz CT molecular complexity index is 493. The minimum atomic E-state index is -0.442. The fourth-order valence-corrected chi connectivity index (χ4v) is 1.74. The fraction of sp³-hybridized carbons (Fsp3) is 0.111. The molecular weight excluding hydrogens is 248 g/mol. The highest BCUT2D eigenvalue weighted by atomic mass is 79.9. The number of rotatable bonds is 1. The van der Waals surface area contributed by atoms with Crippen LogP contribution in [0.4, 0.5) is 0 Å². The maximum atomic E-state index is 11.2. The molecule has 0 amide bonds. The van der Waals surface area contributed by atoms with E-state index in [2.05, 4.69) is 30.6 Å².